The van der Waals surface area contributed by atoms with Crippen LogP contribution in [-0.4, -0.2) is 41.8 Å². The van der Waals surface area contributed by atoms with Crippen molar-refractivity contribution >= 4 is 11.9 Å². The van der Waals surface area contributed by atoms with Crippen LogP contribution in [0.1, 0.15) is 24.0 Å². The van der Waals surface area contributed by atoms with Gasteiger partial charge in [0.15, 0.2) is 0 Å². The van der Waals surface area contributed by atoms with Gasteiger partial charge in [0.1, 0.15) is 48.7 Å². The maximum absolute atomic E-state index is 12.3. The Kier molecular flexibility index (Phi) is 5.88. The molecule has 0 saturated heterocycles. The van der Waals surface area contributed by atoms with Gasteiger partial charge in [0.2, 0.25) is 5.91 Å². The van der Waals surface area contributed by atoms with Gasteiger partial charge in [0, 0.05) is 23.3 Å². The highest BCUT2D eigenvalue weighted by molar-refractivity contribution is 5.88. The minimum absolute atomic E-state index is 0.0283. The van der Waals surface area contributed by atoms with Crippen LogP contribution in [0, 0.1) is 0 Å². The molecule has 3 N–H and O–H groups in total. The molecule has 148 valence electrons. The van der Waals surface area contributed by atoms with Crippen molar-refractivity contribution in [3.8, 4) is 23.0 Å². The number of carbonyl (C=O) groups excluding carboxylic acids is 2. The Morgan fingerprint density at radius 3 is 2.79 bits per heavy atom. The first-order chi connectivity index (χ1) is 13.5. The van der Waals surface area contributed by atoms with E-state index < -0.39 is 11.9 Å². The summed E-state index contributed by atoms with van der Waals surface area (Å²) < 4.78 is 16.0. The van der Waals surface area contributed by atoms with Crippen molar-refractivity contribution in [1.82, 2.24) is 5.32 Å². The van der Waals surface area contributed by atoms with Gasteiger partial charge in [0.05, 0.1) is 6.61 Å². The number of phenols is 2. The number of hydrogen-bond acceptors (Lipinski definition) is 7. The molecule has 0 aromatic heterocycles. The summed E-state index contributed by atoms with van der Waals surface area (Å²) in [6, 6.07) is 9.39. The first-order valence-electron chi connectivity index (χ1n) is 8.81. The number of fused-ring (bicyclic) bond motifs is 1. The molecule has 0 radical (unpaired) electrons. The Balaban J connectivity index is 1.61. The second-order valence-electron chi connectivity index (χ2n) is 6.19. The Hall–Kier alpha value is -3.42. The van der Waals surface area contributed by atoms with Crippen LogP contribution in [0.3, 0.4) is 0 Å². The van der Waals surface area contributed by atoms with Crippen molar-refractivity contribution in [2.45, 2.75) is 19.4 Å². The number of carbonyl (C=O) groups is 2. The van der Waals surface area contributed by atoms with E-state index in [2.05, 4.69) is 5.32 Å². The third-order valence-electron chi connectivity index (χ3n) is 4.26. The van der Waals surface area contributed by atoms with Crippen LogP contribution in [0.5, 0.6) is 23.0 Å². The van der Waals surface area contributed by atoms with Gasteiger partial charge in [-0.25, -0.2) is 0 Å². The average Bonchev–Trinajstić information content (AvgIpc) is 3.09. The summed E-state index contributed by atoms with van der Waals surface area (Å²) in [7, 11) is 0. The molecule has 2 aromatic carbocycles. The van der Waals surface area contributed by atoms with E-state index >= 15 is 0 Å². The molecule has 1 atom stereocenters. The van der Waals surface area contributed by atoms with E-state index in [1.807, 2.05) is 0 Å². The summed E-state index contributed by atoms with van der Waals surface area (Å²) in [5.74, 6) is -0.358. The van der Waals surface area contributed by atoms with E-state index in [0.29, 0.717) is 22.6 Å². The molecule has 0 spiro atoms. The lowest BCUT2D eigenvalue weighted by molar-refractivity contribution is -0.143. The quantitative estimate of drug-likeness (QED) is 0.621. The maximum atomic E-state index is 12.3. The molecule has 0 bridgehead atoms. The van der Waals surface area contributed by atoms with E-state index in [1.54, 1.807) is 31.2 Å². The smallest absolute Gasteiger partial charge is 0.325 e. The van der Waals surface area contributed by atoms with Gasteiger partial charge in [-0.15, -0.1) is 0 Å². The SMILES string of the molecule is CCOC(=O)CNC(=O)C1COc2cc(OCc3ccc(O)cc3O)ccc21. The summed E-state index contributed by atoms with van der Waals surface area (Å²) in [6.45, 7) is 2.05. The van der Waals surface area contributed by atoms with Gasteiger partial charge < -0.3 is 29.7 Å². The predicted molar refractivity (Wildman–Crippen MR) is 98.4 cm³/mol. The number of amides is 1. The van der Waals surface area contributed by atoms with Crippen molar-refractivity contribution in [2.75, 3.05) is 19.8 Å². The van der Waals surface area contributed by atoms with Crippen LogP contribution in [0.2, 0.25) is 0 Å². The standard InChI is InChI=1S/C20H21NO7/c1-2-26-19(24)9-21-20(25)16-11-28-18-8-14(5-6-15(16)18)27-10-12-3-4-13(22)7-17(12)23/h3-8,16,22-23H,2,9-11H2,1H3,(H,21,25). The molecule has 0 aliphatic carbocycles. The molecule has 1 aliphatic rings. The van der Waals surface area contributed by atoms with E-state index in [1.165, 1.54) is 12.1 Å². The number of esters is 1. The van der Waals surface area contributed by atoms with Gasteiger partial charge in [-0.05, 0) is 25.1 Å². The van der Waals surface area contributed by atoms with Crippen molar-refractivity contribution in [2.24, 2.45) is 0 Å². The minimum Gasteiger partial charge on any atom is -0.508 e. The Labute approximate surface area is 161 Å². The Bertz CT molecular complexity index is 881. The fourth-order valence-electron chi connectivity index (χ4n) is 2.83. The van der Waals surface area contributed by atoms with Crippen molar-refractivity contribution in [3.05, 3.63) is 47.5 Å². The van der Waals surface area contributed by atoms with Crippen molar-refractivity contribution < 1.29 is 34.0 Å². The molecule has 28 heavy (non-hydrogen) atoms. The highest BCUT2D eigenvalue weighted by Gasteiger charge is 2.31. The van der Waals surface area contributed by atoms with Gasteiger partial charge >= 0.3 is 5.97 Å². The monoisotopic (exact) mass is 387 g/mol. The van der Waals surface area contributed by atoms with Gasteiger partial charge in [-0.2, -0.15) is 0 Å². The number of hydrogen-bond donors (Lipinski definition) is 3. The second kappa shape index (κ2) is 8.51. The fourth-order valence-corrected chi connectivity index (χ4v) is 2.83. The van der Waals surface area contributed by atoms with E-state index in [9.17, 15) is 19.8 Å². The molecular weight excluding hydrogens is 366 g/mol. The molecule has 1 heterocycles. The summed E-state index contributed by atoms with van der Waals surface area (Å²) in [5, 5.41) is 21.7. The molecule has 1 aliphatic heterocycles. The Morgan fingerprint density at radius 1 is 1.21 bits per heavy atom. The number of aromatic hydroxyl groups is 2. The number of benzene rings is 2. The second-order valence-corrected chi connectivity index (χ2v) is 6.19. The summed E-state index contributed by atoms with van der Waals surface area (Å²) in [5.41, 5.74) is 1.23. The van der Waals surface area contributed by atoms with Gasteiger partial charge in [-0.3, -0.25) is 9.59 Å². The van der Waals surface area contributed by atoms with Crippen molar-refractivity contribution in [3.63, 3.8) is 0 Å². The highest BCUT2D eigenvalue weighted by atomic mass is 16.5. The fraction of sp³-hybridized carbons (Fsp3) is 0.300. The van der Waals surface area contributed by atoms with Crippen LogP contribution in [0.4, 0.5) is 0 Å². The number of phenolic OH excluding ortho intramolecular Hbond substituents is 2. The normalized spacial score (nSPS) is 14.7. The van der Waals surface area contributed by atoms with E-state index in [0.717, 1.165) is 0 Å². The summed E-state index contributed by atoms with van der Waals surface area (Å²) >= 11 is 0. The summed E-state index contributed by atoms with van der Waals surface area (Å²) in [6.07, 6.45) is 0. The summed E-state index contributed by atoms with van der Waals surface area (Å²) in [4.78, 5) is 23.7. The van der Waals surface area contributed by atoms with E-state index in [4.69, 9.17) is 14.2 Å². The molecule has 8 heteroatoms. The number of ether oxygens (including phenoxy) is 3. The third-order valence-corrected chi connectivity index (χ3v) is 4.26. The molecule has 0 saturated carbocycles. The number of nitrogens with one attached hydrogen (secondary N) is 1. The maximum Gasteiger partial charge on any atom is 0.325 e. The molecular formula is C20H21NO7. The lowest BCUT2D eigenvalue weighted by Crippen LogP contribution is -2.35. The Morgan fingerprint density at radius 2 is 2.04 bits per heavy atom. The highest BCUT2D eigenvalue weighted by Crippen LogP contribution is 2.37. The van der Waals surface area contributed by atoms with Crippen LogP contribution < -0.4 is 14.8 Å². The van der Waals surface area contributed by atoms with Crippen LogP contribution in [0.25, 0.3) is 0 Å². The average molecular weight is 387 g/mol. The minimum atomic E-state index is -0.514. The molecule has 8 nitrogen and oxygen atoms in total. The topological polar surface area (TPSA) is 114 Å². The van der Waals surface area contributed by atoms with Gasteiger partial charge in [-0.1, -0.05) is 6.07 Å². The first-order valence-corrected chi connectivity index (χ1v) is 8.81. The van der Waals surface area contributed by atoms with Crippen molar-refractivity contribution in [1.29, 1.82) is 0 Å². The largest absolute Gasteiger partial charge is 0.508 e. The van der Waals surface area contributed by atoms with Crippen LogP contribution >= 0.6 is 0 Å². The van der Waals surface area contributed by atoms with E-state index in [-0.39, 0.29) is 43.8 Å². The molecule has 1 amide bonds. The molecule has 0 fully saturated rings. The lowest BCUT2D eigenvalue weighted by atomic mass is 10.0. The molecule has 3 rings (SSSR count). The zero-order valence-corrected chi connectivity index (χ0v) is 15.3. The lowest BCUT2D eigenvalue weighted by Gasteiger charge is -2.11. The number of rotatable bonds is 7. The molecule has 2 aromatic rings. The first kappa shape index (κ1) is 19.3. The van der Waals surface area contributed by atoms with Gasteiger partial charge in [0.25, 0.3) is 0 Å². The zero-order chi connectivity index (χ0) is 20.1. The van der Waals surface area contributed by atoms with Crippen LogP contribution in [0.15, 0.2) is 36.4 Å². The molecule has 1 unspecified atom stereocenters. The third kappa shape index (κ3) is 4.46. The predicted octanol–water partition coefficient (Wildman–Crippen LogP) is 1.83. The van der Waals surface area contributed by atoms with Crippen LogP contribution in [-0.2, 0) is 20.9 Å². The zero-order valence-electron chi connectivity index (χ0n) is 15.3.